The summed E-state index contributed by atoms with van der Waals surface area (Å²) >= 11 is 0. The number of carbonyl (C=O) groups excluding carboxylic acids is 5. The number of esters is 4. The van der Waals surface area contributed by atoms with Gasteiger partial charge < -0.3 is 33.5 Å². The van der Waals surface area contributed by atoms with Gasteiger partial charge in [-0.25, -0.2) is 4.39 Å². The smallest absolute Gasteiger partial charge is 0.303 e. The molecule has 3 rings (SSSR count). The van der Waals surface area contributed by atoms with E-state index in [4.69, 9.17) is 28.4 Å². The Morgan fingerprint density at radius 2 is 1.39 bits per heavy atom. The molecule has 0 amide bonds. The van der Waals surface area contributed by atoms with Crippen molar-refractivity contribution in [2.24, 2.45) is 0 Å². The van der Waals surface area contributed by atoms with Crippen molar-refractivity contribution in [3.05, 3.63) is 59.4 Å². The van der Waals surface area contributed by atoms with Crippen LogP contribution in [0.2, 0.25) is 0 Å². The molecule has 0 unspecified atom stereocenters. The van der Waals surface area contributed by atoms with Crippen LogP contribution in [0.4, 0.5) is 4.39 Å². The zero-order chi connectivity index (χ0) is 30.3. The average molecular weight is 577 g/mol. The van der Waals surface area contributed by atoms with Crippen molar-refractivity contribution >= 4 is 29.7 Å². The summed E-state index contributed by atoms with van der Waals surface area (Å²) in [5.41, 5.74) is 0.497. The molecule has 1 aliphatic rings. The molecular weight excluding hydrogens is 547 g/mol. The molecule has 5 atom stereocenters. The average Bonchev–Trinajstić information content (AvgIpc) is 2.87. The highest BCUT2D eigenvalue weighted by atomic mass is 19.1. The number of hydrogen-bond acceptors (Lipinski definition) is 12. The second kappa shape index (κ2) is 13.7. The van der Waals surface area contributed by atoms with Crippen LogP contribution in [0, 0.1) is 5.82 Å². The third-order valence-electron chi connectivity index (χ3n) is 5.75. The maximum Gasteiger partial charge on any atom is 0.303 e. The van der Waals surface area contributed by atoms with Gasteiger partial charge in [0.05, 0.1) is 5.56 Å². The summed E-state index contributed by atoms with van der Waals surface area (Å²) in [5, 5.41) is 10.6. The minimum atomic E-state index is -1.52. The number of halogens is 1. The van der Waals surface area contributed by atoms with E-state index in [-0.39, 0.29) is 17.7 Å². The van der Waals surface area contributed by atoms with Gasteiger partial charge >= 0.3 is 23.9 Å². The van der Waals surface area contributed by atoms with Gasteiger partial charge in [0.25, 0.3) is 0 Å². The normalized spacial score (nSPS) is 21.7. The van der Waals surface area contributed by atoms with Crippen molar-refractivity contribution < 1.29 is 61.9 Å². The number of hydrogen-bond donors (Lipinski definition) is 1. The maximum absolute atomic E-state index is 13.2. The number of carbonyl (C=O) groups is 5. The topological polar surface area (TPSA) is 161 Å². The predicted molar refractivity (Wildman–Crippen MR) is 135 cm³/mol. The fourth-order valence-electron chi connectivity index (χ4n) is 4.12. The summed E-state index contributed by atoms with van der Waals surface area (Å²) in [6, 6.07) is 9.08. The molecule has 1 fully saturated rings. The first-order chi connectivity index (χ1) is 19.3. The van der Waals surface area contributed by atoms with E-state index in [1.165, 1.54) is 36.4 Å². The molecule has 13 heteroatoms. The Hall–Kier alpha value is -4.52. The second-order valence-electron chi connectivity index (χ2n) is 9.09. The molecule has 220 valence electrons. The van der Waals surface area contributed by atoms with Gasteiger partial charge in [0.2, 0.25) is 12.4 Å². The summed E-state index contributed by atoms with van der Waals surface area (Å²) in [6.07, 6.45) is -7.13. The number of rotatable bonds is 10. The molecule has 0 saturated carbocycles. The molecule has 2 aromatic rings. The minimum Gasteiger partial charge on any atom is -0.507 e. The van der Waals surface area contributed by atoms with Crippen molar-refractivity contribution in [3.63, 3.8) is 0 Å². The monoisotopic (exact) mass is 576 g/mol. The Labute approximate surface area is 234 Å². The lowest BCUT2D eigenvalue weighted by Gasteiger charge is -2.43. The molecule has 1 aliphatic heterocycles. The van der Waals surface area contributed by atoms with Gasteiger partial charge in [0.1, 0.15) is 30.0 Å². The fraction of sp³-hybridized carbons (Fsp3) is 0.393. The van der Waals surface area contributed by atoms with Gasteiger partial charge in [0, 0.05) is 40.2 Å². The van der Waals surface area contributed by atoms with E-state index in [9.17, 15) is 33.5 Å². The van der Waals surface area contributed by atoms with E-state index in [1.807, 2.05) is 0 Å². The van der Waals surface area contributed by atoms with Crippen LogP contribution in [0.5, 0.6) is 11.5 Å². The first kappa shape index (κ1) is 31.0. The van der Waals surface area contributed by atoms with E-state index >= 15 is 0 Å². The third kappa shape index (κ3) is 8.73. The lowest BCUT2D eigenvalue weighted by Crippen LogP contribution is -2.63. The van der Waals surface area contributed by atoms with Crippen LogP contribution in [-0.2, 0) is 49.3 Å². The quantitative estimate of drug-likeness (QED) is 0.250. The number of phenolic OH excluding ortho intramolecular Hbond substituents is 1. The highest BCUT2D eigenvalue weighted by molar-refractivity contribution is 6.00. The first-order valence-electron chi connectivity index (χ1n) is 12.4. The van der Waals surface area contributed by atoms with Crippen molar-refractivity contribution in [1.29, 1.82) is 0 Å². The number of ether oxygens (including phenoxy) is 6. The molecule has 0 aromatic heterocycles. The first-order valence-corrected chi connectivity index (χ1v) is 12.4. The molecule has 1 N–H and O–H groups in total. The minimum absolute atomic E-state index is 0.0387. The number of aromatic hydroxyl groups is 1. The van der Waals surface area contributed by atoms with Crippen LogP contribution in [0.1, 0.15) is 43.6 Å². The molecular formula is C28H29FO12. The van der Waals surface area contributed by atoms with E-state index in [0.717, 1.165) is 33.8 Å². The van der Waals surface area contributed by atoms with Gasteiger partial charge in [-0.2, -0.15) is 0 Å². The Balaban J connectivity index is 1.90. The maximum atomic E-state index is 13.2. The summed E-state index contributed by atoms with van der Waals surface area (Å²) in [6.45, 7) is 3.96. The Morgan fingerprint density at radius 1 is 0.805 bits per heavy atom. The molecule has 1 saturated heterocycles. The number of Topliss-reactive ketones (excluding diaryl/α,β-unsaturated/α-hetero) is 1. The Bertz CT molecular complexity index is 1290. The van der Waals surface area contributed by atoms with Crippen LogP contribution >= 0.6 is 0 Å². The molecule has 0 aliphatic carbocycles. The number of phenols is 1. The molecule has 12 nitrogen and oxygen atoms in total. The van der Waals surface area contributed by atoms with Crippen LogP contribution in [0.3, 0.4) is 0 Å². The van der Waals surface area contributed by atoms with Gasteiger partial charge in [0.15, 0.2) is 18.0 Å². The fourth-order valence-corrected chi connectivity index (χ4v) is 4.12. The standard InChI is InChI=1S/C28H29FO12/c1-14(30)36-13-24-25(37-15(2)31)26(38-16(3)32)27(39-17(4)33)28(41-24)40-20-9-10-21(23(35)12-20)22(34)11-18-5-7-19(29)8-6-18/h5-10,12,24-28,35H,11,13H2,1-4H3/t24-,25-,26+,27+,28-/m1/s1. The van der Waals surface area contributed by atoms with Crippen LogP contribution < -0.4 is 4.74 Å². The van der Waals surface area contributed by atoms with Crippen LogP contribution in [0.15, 0.2) is 42.5 Å². The Kier molecular flexibility index (Phi) is 10.4. The van der Waals surface area contributed by atoms with Crippen LogP contribution in [0.25, 0.3) is 0 Å². The molecule has 0 bridgehead atoms. The van der Waals surface area contributed by atoms with Crippen molar-refractivity contribution in [2.45, 2.75) is 64.8 Å². The zero-order valence-electron chi connectivity index (χ0n) is 22.7. The van der Waals surface area contributed by atoms with Gasteiger partial charge in [-0.05, 0) is 29.8 Å². The van der Waals surface area contributed by atoms with Crippen LogP contribution in [-0.4, -0.2) is 72.1 Å². The van der Waals surface area contributed by atoms with E-state index in [0.29, 0.717) is 5.56 Å². The molecule has 1 heterocycles. The van der Waals surface area contributed by atoms with Crippen molar-refractivity contribution in [2.75, 3.05) is 6.61 Å². The zero-order valence-corrected chi connectivity index (χ0v) is 22.7. The molecule has 2 aromatic carbocycles. The van der Waals surface area contributed by atoms with E-state index in [1.54, 1.807) is 0 Å². The molecule has 0 radical (unpaired) electrons. The van der Waals surface area contributed by atoms with E-state index in [2.05, 4.69) is 0 Å². The largest absolute Gasteiger partial charge is 0.507 e. The summed E-state index contributed by atoms with van der Waals surface area (Å²) in [4.78, 5) is 60.0. The van der Waals surface area contributed by atoms with Gasteiger partial charge in [-0.3, -0.25) is 24.0 Å². The van der Waals surface area contributed by atoms with Crippen molar-refractivity contribution in [1.82, 2.24) is 0 Å². The number of ketones is 1. The molecule has 41 heavy (non-hydrogen) atoms. The lowest BCUT2D eigenvalue weighted by atomic mass is 9.98. The predicted octanol–water partition coefficient (Wildman–Crippen LogP) is 2.42. The van der Waals surface area contributed by atoms with Gasteiger partial charge in [-0.15, -0.1) is 0 Å². The highest BCUT2D eigenvalue weighted by Gasteiger charge is 2.53. The number of benzene rings is 2. The SMILES string of the molecule is CC(=O)OC[C@H]1O[C@@H](Oc2ccc(C(=O)Cc3ccc(F)cc3)c(O)c2)[C@@H](OC(C)=O)[C@@H](OC(C)=O)[C@@H]1OC(C)=O. The second-order valence-corrected chi connectivity index (χ2v) is 9.09. The highest BCUT2D eigenvalue weighted by Crippen LogP contribution is 2.33. The third-order valence-corrected chi connectivity index (χ3v) is 5.75. The van der Waals surface area contributed by atoms with E-state index < -0.39 is 78.5 Å². The summed E-state index contributed by atoms with van der Waals surface area (Å²) in [5.74, 6) is -4.46. The van der Waals surface area contributed by atoms with Gasteiger partial charge in [-0.1, -0.05) is 12.1 Å². The summed E-state index contributed by atoms with van der Waals surface area (Å²) in [7, 11) is 0. The summed E-state index contributed by atoms with van der Waals surface area (Å²) < 4.78 is 45.9. The van der Waals surface area contributed by atoms with Crippen molar-refractivity contribution in [3.8, 4) is 11.5 Å². The lowest BCUT2D eigenvalue weighted by molar-refractivity contribution is -0.288. The Morgan fingerprint density at radius 3 is 1.95 bits per heavy atom. The molecule has 0 spiro atoms.